The van der Waals surface area contributed by atoms with Crippen molar-refractivity contribution < 1.29 is 13.9 Å². The van der Waals surface area contributed by atoms with Gasteiger partial charge in [-0.25, -0.2) is 9.78 Å². The van der Waals surface area contributed by atoms with Crippen molar-refractivity contribution >= 4 is 5.97 Å². The summed E-state index contributed by atoms with van der Waals surface area (Å²) in [7, 11) is 3.40. The molecular weight excluding hydrogens is 354 g/mol. The minimum absolute atomic E-state index is 0.363. The lowest BCUT2D eigenvalue weighted by molar-refractivity contribution is 0.0600. The summed E-state index contributed by atoms with van der Waals surface area (Å²) in [5, 5.41) is 0. The SMILES string of the molecule is CCc1ccc(CN(C)Cc2nc(-c3ccc(C(=O)OC)cc3)oc2C)nc1. The van der Waals surface area contributed by atoms with Gasteiger partial charge in [0.2, 0.25) is 5.89 Å². The lowest BCUT2D eigenvalue weighted by Crippen LogP contribution is -2.18. The molecule has 3 aromatic rings. The van der Waals surface area contributed by atoms with Gasteiger partial charge in [0, 0.05) is 24.8 Å². The Morgan fingerprint density at radius 2 is 1.89 bits per heavy atom. The lowest BCUT2D eigenvalue weighted by atomic mass is 10.1. The van der Waals surface area contributed by atoms with Crippen LogP contribution in [0.15, 0.2) is 47.0 Å². The summed E-state index contributed by atoms with van der Waals surface area (Å²) in [6.07, 6.45) is 2.92. The Kier molecular flexibility index (Phi) is 6.21. The third kappa shape index (κ3) is 4.64. The number of pyridine rings is 1. The number of methoxy groups -OCH3 is 1. The summed E-state index contributed by atoms with van der Waals surface area (Å²) >= 11 is 0. The second-order valence-electron chi connectivity index (χ2n) is 6.77. The van der Waals surface area contributed by atoms with Crippen LogP contribution >= 0.6 is 0 Å². The van der Waals surface area contributed by atoms with Gasteiger partial charge in [-0.15, -0.1) is 0 Å². The molecule has 1 aromatic carbocycles. The molecule has 0 saturated heterocycles. The predicted octanol–water partition coefficient (Wildman–Crippen LogP) is 4.03. The molecule has 3 rings (SSSR count). The average molecular weight is 379 g/mol. The van der Waals surface area contributed by atoms with Crippen LogP contribution in [0.25, 0.3) is 11.5 Å². The second kappa shape index (κ2) is 8.80. The number of aromatic nitrogens is 2. The maximum atomic E-state index is 11.6. The molecule has 6 nitrogen and oxygen atoms in total. The Morgan fingerprint density at radius 1 is 1.14 bits per heavy atom. The normalized spacial score (nSPS) is 11.0. The summed E-state index contributed by atoms with van der Waals surface area (Å²) < 4.78 is 10.6. The average Bonchev–Trinajstić information content (AvgIpc) is 3.08. The molecule has 0 atom stereocenters. The zero-order valence-electron chi connectivity index (χ0n) is 16.7. The molecule has 28 heavy (non-hydrogen) atoms. The summed E-state index contributed by atoms with van der Waals surface area (Å²) in [4.78, 5) is 22.9. The fourth-order valence-corrected chi connectivity index (χ4v) is 2.91. The molecule has 0 fully saturated rings. The van der Waals surface area contributed by atoms with Crippen LogP contribution in [0.2, 0.25) is 0 Å². The number of ether oxygens (including phenoxy) is 1. The Morgan fingerprint density at radius 3 is 2.50 bits per heavy atom. The van der Waals surface area contributed by atoms with Crippen molar-refractivity contribution in [3.8, 4) is 11.5 Å². The number of benzene rings is 1. The molecule has 0 spiro atoms. The fraction of sp³-hybridized carbons (Fsp3) is 0.318. The summed E-state index contributed by atoms with van der Waals surface area (Å²) in [5.74, 6) is 0.967. The van der Waals surface area contributed by atoms with E-state index >= 15 is 0 Å². The molecule has 0 amide bonds. The van der Waals surface area contributed by atoms with Crippen LogP contribution in [0.3, 0.4) is 0 Å². The number of esters is 1. The molecule has 146 valence electrons. The molecule has 0 aliphatic carbocycles. The number of carbonyl (C=O) groups is 1. The first kappa shape index (κ1) is 19.8. The predicted molar refractivity (Wildman–Crippen MR) is 107 cm³/mol. The minimum atomic E-state index is -0.363. The van der Waals surface area contributed by atoms with Crippen LogP contribution in [0.1, 0.15) is 40.0 Å². The summed E-state index contributed by atoms with van der Waals surface area (Å²) in [5.41, 5.74) is 4.47. The van der Waals surface area contributed by atoms with E-state index in [1.54, 1.807) is 12.1 Å². The largest absolute Gasteiger partial charge is 0.465 e. The number of hydrogen-bond acceptors (Lipinski definition) is 6. The monoisotopic (exact) mass is 379 g/mol. The van der Waals surface area contributed by atoms with Crippen molar-refractivity contribution in [1.29, 1.82) is 0 Å². The van der Waals surface area contributed by atoms with Gasteiger partial charge in [0.25, 0.3) is 0 Å². The van der Waals surface area contributed by atoms with Crippen molar-refractivity contribution in [2.24, 2.45) is 0 Å². The molecule has 2 aromatic heterocycles. The van der Waals surface area contributed by atoms with Gasteiger partial charge in [0.15, 0.2) is 0 Å². The van der Waals surface area contributed by atoms with Crippen LogP contribution < -0.4 is 0 Å². The van der Waals surface area contributed by atoms with Crippen LogP contribution in [0.4, 0.5) is 0 Å². The first-order chi connectivity index (χ1) is 13.5. The number of oxazole rings is 1. The van der Waals surface area contributed by atoms with Gasteiger partial charge in [-0.05, 0) is 56.3 Å². The number of rotatable bonds is 7. The third-order valence-corrected chi connectivity index (χ3v) is 4.59. The molecule has 2 heterocycles. The zero-order chi connectivity index (χ0) is 20.1. The fourth-order valence-electron chi connectivity index (χ4n) is 2.91. The van der Waals surface area contributed by atoms with Gasteiger partial charge in [-0.1, -0.05) is 13.0 Å². The van der Waals surface area contributed by atoms with E-state index in [0.717, 1.165) is 35.7 Å². The highest BCUT2D eigenvalue weighted by atomic mass is 16.5. The Hall–Kier alpha value is -2.99. The van der Waals surface area contributed by atoms with E-state index in [4.69, 9.17) is 9.15 Å². The van der Waals surface area contributed by atoms with E-state index in [1.807, 2.05) is 32.3 Å². The highest BCUT2D eigenvalue weighted by Gasteiger charge is 2.14. The van der Waals surface area contributed by atoms with Gasteiger partial charge in [-0.3, -0.25) is 9.88 Å². The molecule has 0 radical (unpaired) electrons. The van der Waals surface area contributed by atoms with Crippen LogP contribution in [0, 0.1) is 6.92 Å². The van der Waals surface area contributed by atoms with Crippen molar-refractivity contribution in [3.05, 3.63) is 70.9 Å². The van der Waals surface area contributed by atoms with Crippen molar-refractivity contribution in [1.82, 2.24) is 14.9 Å². The first-order valence-electron chi connectivity index (χ1n) is 9.27. The van der Waals surface area contributed by atoms with Gasteiger partial charge in [0.05, 0.1) is 24.1 Å². The van der Waals surface area contributed by atoms with Crippen LogP contribution in [0.5, 0.6) is 0 Å². The third-order valence-electron chi connectivity index (χ3n) is 4.59. The number of aryl methyl sites for hydroxylation is 2. The van der Waals surface area contributed by atoms with Crippen molar-refractivity contribution in [2.45, 2.75) is 33.4 Å². The summed E-state index contributed by atoms with van der Waals surface area (Å²) in [6, 6.07) is 11.2. The molecule has 0 saturated carbocycles. The molecule has 6 heteroatoms. The maximum Gasteiger partial charge on any atom is 0.337 e. The molecule has 0 bridgehead atoms. The van der Waals surface area contributed by atoms with Gasteiger partial charge < -0.3 is 9.15 Å². The van der Waals surface area contributed by atoms with E-state index < -0.39 is 0 Å². The number of carbonyl (C=O) groups excluding carboxylic acids is 1. The highest BCUT2D eigenvalue weighted by molar-refractivity contribution is 5.89. The lowest BCUT2D eigenvalue weighted by Gasteiger charge is -2.15. The van der Waals surface area contributed by atoms with E-state index in [-0.39, 0.29) is 5.97 Å². The van der Waals surface area contributed by atoms with Crippen molar-refractivity contribution in [2.75, 3.05) is 14.2 Å². The Balaban J connectivity index is 1.68. The quantitative estimate of drug-likeness (QED) is 0.578. The topological polar surface area (TPSA) is 68.5 Å². The van der Waals surface area contributed by atoms with E-state index in [0.29, 0.717) is 18.0 Å². The Labute approximate surface area is 165 Å². The molecular formula is C22H25N3O3. The van der Waals surface area contributed by atoms with Crippen LogP contribution in [-0.4, -0.2) is 35.0 Å². The van der Waals surface area contributed by atoms with Crippen molar-refractivity contribution in [3.63, 3.8) is 0 Å². The standard InChI is InChI=1S/C22H25N3O3/c1-5-16-6-11-19(23-12-16)13-25(3)14-20-15(2)28-21(24-20)17-7-9-18(10-8-17)22(26)27-4/h6-12H,5,13-14H2,1-4H3. The Bertz CT molecular complexity index is 931. The van der Waals surface area contributed by atoms with Gasteiger partial charge in [-0.2, -0.15) is 0 Å². The maximum absolute atomic E-state index is 11.6. The highest BCUT2D eigenvalue weighted by Crippen LogP contribution is 2.23. The summed E-state index contributed by atoms with van der Waals surface area (Å²) in [6.45, 7) is 5.43. The minimum Gasteiger partial charge on any atom is -0.465 e. The molecule has 0 N–H and O–H groups in total. The number of nitrogens with zero attached hydrogens (tertiary/aromatic N) is 3. The van der Waals surface area contributed by atoms with E-state index in [1.165, 1.54) is 12.7 Å². The smallest absolute Gasteiger partial charge is 0.337 e. The molecule has 0 aliphatic rings. The molecule has 0 unspecified atom stereocenters. The van der Waals surface area contributed by atoms with E-state index in [9.17, 15) is 4.79 Å². The number of hydrogen-bond donors (Lipinski definition) is 0. The second-order valence-corrected chi connectivity index (χ2v) is 6.77. The zero-order valence-corrected chi connectivity index (χ0v) is 16.7. The van der Waals surface area contributed by atoms with Gasteiger partial charge >= 0.3 is 5.97 Å². The van der Waals surface area contributed by atoms with Gasteiger partial charge in [0.1, 0.15) is 5.76 Å². The van der Waals surface area contributed by atoms with Crippen LogP contribution in [-0.2, 0) is 24.2 Å². The van der Waals surface area contributed by atoms with E-state index in [2.05, 4.69) is 33.9 Å². The first-order valence-corrected chi connectivity index (χ1v) is 9.27. The molecule has 0 aliphatic heterocycles.